The van der Waals surface area contributed by atoms with Gasteiger partial charge in [0.25, 0.3) is 0 Å². The van der Waals surface area contributed by atoms with E-state index in [0.29, 0.717) is 6.42 Å². The molecule has 0 fully saturated rings. The van der Waals surface area contributed by atoms with Gasteiger partial charge in [-0.15, -0.1) is 0 Å². The van der Waals surface area contributed by atoms with Crippen LogP contribution in [0.5, 0.6) is 0 Å². The van der Waals surface area contributed by atoms with Gasteiger partial charge in [0, 0.05) is 12.6 Å². The molecular formula is C12H15N3O2S. The first-order chi connectivity index (χ1) is 8.79. The molecule has 2 N–H and O–H groups in total. The Hall–Kier alpha value is -1.53. The lowest BCUT2D eigenvalue weighted by molar-refractivity contribution is -0.129. The number of amides is 1. The van der Waals surface area contributed by atoms with Gasteiger partial charge in [-0.25, -0.2) is 15.4 Å². The average Bonchev–Trinajstić information content (AvgIpc) is 2.80. The number of fused-ring (bicyclic) bond motifs is 1. The van der Waals surface area contributed by atoms with Crippen LogP contribution in [-0.2, 0) is 11.2 Å². The molecule has 6 heteroatoms. The van der Waals surface area contributed by atoms with Crippen LogP contribution in [0.15, 0.2) is 18.3 Å². The highest BCUT2D eigenvalue weighted by Crippen LogP contribution is 2.20. The Morgan fingerprint density at radius 3 is 3.06 bits per heavy atom. The number of aromatic nitrogens is 2. The van der Waals surface area contributed by atoms with Crippen molar-refractivity contribution >= 4 is 27.6 Å². The Bertz CT molecular complexity index is 494. The van der Waals surface area contributed by atoms with E-state index >= 15 is 0 Å². The third kappa shape index (κ3) is 3.48. The van der Waals surface area contributed by atoms with Gasteiger partial charge in [-0.05, 0) is 31.4 Å². The van der Waals surface area contributed by atoms with Crippen molar-refractivity contribution in [2.75, 3.05) is 0 Å². The number of carbonyl (C=O) groups is 1. The van der Waals surface area contributed by atoms with Crippen LogP contribution in [0.2, 0.25) is 0 Å². The minimum atomic E-state index is -0.320. The summed E-state index contributed by atoms with van der Waals surface area (Å²) in [6, 6.07) is 3.85. The van der Waals surface area contributed by atoms with E-state index in [-0.39, 0.29) is 5.91 Å². The van der Waals surface area contributed by atoms with E-state index in [1.165, 1.54) is 0 Å². The molecule has 96 valence electrons. The number of pyridine rings is 1. The van der Waals surface area contributed by atoms with Gasteiger partial charge in [0.05, 0.1) is 5.01 Å². The monoisotopic (exact) mass is 265 g/mol. The molecule has 2 rings (SSSR count). The molecule has 2 heterocycles. The fourth-order valence-corrected chi connectivity index (χ4v) is 2.66. The molecule has 0 unspecified atom stereocenters. The fourth-order valence-electron chi connectivity index (χ4n) is 1.72. The lowest BCUT2D eigenvalue weighted by atomic mass is 10.1. The highest BCUT2D eigenvalue weighted by Gasteiger charge is 2.04. The summed E-state index contributed by atoms with van der Waals surface area (Å²) in [5.41, 5.74) is 2.59. The van der Waals surface area contributed by atoms with Crippen molar-refractivity contribution in [3.8, 4) is 0 Å². The van der Waals surface area contributed by atoms with Gasteiger partial charge in [-0.3, -0.25) is 10.0 Å². The minimum Gasteiger partial charge on any atom is -0.289 e. The third-order valence-electron chi connectivity index (χ3n) is 2.63. The molecular weight excluding hydrogens is 250 g/mol. The Balaban J connectivity index is 1.75. The van der Waals surface area contributed by atoms with Crippen molar-refractivity contribution < 1.29 is 10.0 Å². The molecule has 0 bridgehead atoms. The lowest BCUT2D eigenvalue weighted by Crippen LogP contribution is -2.17. The number of nitrogens with zero attached hydrogens (tertiary/aromatic N) is 2. The molecule has 0 aliphatic heterocycles. The van der Waals surface area contributed by atoms with Crippen LogP contribution in [-0.4, -0.2) is 21.1 Å². The zero-order valence-corrected chi connectivity index (χ0v) is 10.7. The van der Waals surface area contributed by atoms with Crippen molar-refractivity contribution in [1.82, 2.24) is 15.4 Å². The first-order valence-electron chi connectivity index (χ1n) is 5.93. The molecule has 0 aliphatic carbocycles. The normalized spacial score (nSPS) is 10.7. The second-order valence-corrected chi connectivity index (χ2v) is 5.09. The van der Waals surface area contributed by atoms with Gasteiger partial charge >= 0.3 is 0 Å². The summed E-state index contributed by atoms with van der Waals surface area (Å²) in [5.74, 6) is -0.320. The molecule has 0 spiro atoms. The Labute approximate surface area is 109 Å². The molecule has 1 amide bonds. The number of hydroxylamine groups is 1. The molecule has 0 aromatic carbocycles. The summed E-state index contributed by atoms with van der Waals surface area (Å²) in [6.45, 7) is 0. The van der Waals surface area contributed by atoms with Crippen molar-refractivity contribution in [2.45, 2.75) is 32.1 Å². The van der Waals surface area contributed by atoms with Gasteiger partial charge in [-0.1, -0.05) is 17.8 Å². The van der Waals surface area contributed by atoms with E-state index < -0.39 is 0 Å². The Kier molecular flexibility index (Phi) is 4.60. The van der Waals surface area contributed by atoms with Gasteiger partial charge in [0.15, 0.2) is 0 Å². The van der Waals surface area contributed by atoms with E-state index in [0.717, 1.165) is 41.0 Å². The van der Waals surface area contributed by atoms with E-state index in [9.17, 15) is 4.79 Å². The Morgan fingerprint density at radius 1 is 1.39 bits per heavy atom. The summed E-state index contributed by atoms with van der Waals surface area (Å²) in [7, 11) is 0. The van der Waals surface area contributed by atoms with Crippen molar-refractivity contribution in [1.29, 1.82) is 0 Å². The summed E-state index contributed by atoms with van der Waals surface area (Å²) < 4.78 is 0. The van der Waals surface area contributed by atoms with Gasteiger partial charge < -0.3 is 0 Å². The quantitative estimate of drug-likeness (QED) is 0.477. The maximum absolute atomic E-state index is 10.8. The maximum Gasteiger partial charge on any atom is 0.243 e. The fraction of sp³-hybridized carbons (Fsp3) is 0.417. The summed E-state index contributed by atoms with van der Waals surface area (Å²) >= 11 is 1.62. The number of unbranched alkanes of at least 4 members (excludes halogenated alkanes) is 2. The molecule has 18 heavy (non-hydrogen) atoms. The zero-order chi connectivity index (χ0) is 12.8. The minimum absolute atomic E-state index is 0.320. The van der Waals surface area contributed by atoms with Crippen LogP contribution in [0.4, 0.5) is 0 Å². The van der Waals surface area contributed by atoms with E-state index in [1.807, 2.05) is 12.1 Å². The molecule has 2 aromatic heterocycles. The SMILES string of the molecule is O=C(CCCCCc1nc2cccnc2s1)NO. The molecule has 0 saturated carbocycles. The lowest BCUT2D eigenvalue weighted by Gasteiger charge is -1.98. The first-order valence-corrected chi connectivity index (χ1v) is 6.74. The molecule has 0 saturated heterocycles. The average molecular weight is 265 g/mol. The molecule has 0 atom stereocenters. The first kappa shape index (κ1) is 12.9. The maximum atomic E-state index is 10.8. The van der Waals surface area contributed by atoms with Crippen LogP contribution >= 0.6 is 11.3 Å². The molecule has 5 nitrogen and oxygen atoms in total. The van der Waals surface area contributed by atoms with E-state index in [2.05, 4.69) is 9.97 Å². The molecule has 0 radical (unpaired) electrons. The molecule has 2 aromatic rings. The Morgan fingerprint density at radius 2 is 2.28 bits per heavy atom. The highest BCUT2D eigenvalue weighted by atomic mass is 32.1. The van der Waals surface area contributed by atoms with E-state index in [4.69, 9.17) is 5.21 Å². The number of carbonyl (C=O) groups excluding carboxylic acids is 1. The standard InChI is InChI=1S/C12H15N3O2S/c16-10(15-17)6-2-1-3-7-11-14-9-5-4-8-13-12(9)18-11/h4-5,8,17H,1-3,6-7H2,(H,15,16). The smallest absolute Gasteiger partial charge is 0.243 e. The van der Waals surface area contributed by atoms with Crippen LogP contribution in [0.3, 0.4) is 0 Å². The largest absolute Gasteiger partial charge is 0.289 e. The zero-order valence-electron chi connectivity index (χ0n) is 9.93. The van der Waals surface area contributed by atoms with Crippen LogP contribution in [0.1, 0.15) is 30.7 Å². The topological polar surface area (TPSA) is 75.1 Å². The number of thiazole rings is 1. The van der Waals surface area contributed by atoms with Gasteiger partial charge in [0.2, 0.25) is 5.91 Å². The summed E-state index contributed by atoms with van der Waals surface area (Å²) in [5, 5.41) is 9.43. The van der Waals surface area contributed by atoms with Gasteiger partial charge in [0.1, 0.15) is 10.3 Å². The number of hydrogen-bond acceptors (Lipinski definition) is 5. The predicted octanol–water partition coefficient (Wildman–Crippen LogP) is 2.30. The number of hydrogen-bond donors (Lipinski definition) is 2. The van der Waals surface area contributed by atoms with Crippen molar-refractivity contribution in [2.24, 2.45) is 0 Å². The molecule has 0 aliphatic rings. The third-order valence-corrected chi connectivity index (χ3v) is 3.67. The highest BCUT2D eigenvalue weighted by molar-refractivity contribution is 7.18. The predicted molar refractivity (Wildman–Crippen MR) is 69.5 cm³/mol. The second kappa shape index (κ2) is 6.42. The van der Waals surface area contributed by atoms with Crippen molar-refractivity contribution in [3.63, 3.8) is 0 Å². The number of nitrogens with one attached hydrogen (secondary N) is 1. The summed E-state index contributed by atoms with van der Waals surface area (Å²) in [4.78, 5) is 20.5. The van der Waals surface area contributed by atoms with Crippen LogP contribution in [0, 0.1) is 0 Å². The number of aryl methyl sites for hydroxylation is 1. The van der Waals surface area contributed by atoms with Crippen LogP contribution < -0.4 is 5.48 Å². The van der Waals surface area contributed by atoms with Gasteiger partial charge in [-0.2, -0.15) is 0 Å². The second-order valence-electron chi connectivity index (χ2n) is 4.03. The van der Waals surface area contributed by atoms with E-state index in [1.54, 1.807) is 23.0 Å². The number of rotatable bonds is 6. The summed E-state index contributed by atoms with van der Waals surface area (Å²) in [6.07, 6.45) is 5.81. The van der Waals surface area contributed by atoms with Crippen LogP contribution in [0.25, 0.3) is 10.3 Å². The van der Waals surface area contributed by atoms with Crippen molar-refractivity contribution in [3.05, 3.63) is 23.3 Å².